The van der Waals surface area contributed by atoms with Gasteiger partial charge in [0.1, 0.15) is 0 Å². The van der Waals surface area contributed by atoms with Crippen molar-refractivity contribution in [2.24, 2.45) is 0 Å². The molecule has 0 heterocycles. The van der Waals surface area contributed by atoms with Crippen molar-refractivity contribution in [3.05, 3.63) is 35.4 Å². The molecule has 2 N–H and O–H groups in total. The highest BCUT2D eigenvalue weighted by molar-refractivity contribution is 5.85. The molecule has 17 heavy (non-hydrogen) atoms. The fraction of sp³-hybridized carbons (Fsp3) is 0.538. The first-order chi connectivity index (χ1) is 7.33. The summed E-state index contributed by atoms with van der Waals surface area (Å²) in [6, 6.07) is 8.70. The van der Waals surface area contributed by atoms with Gasteiger partial charge in [-0.3, -0.25) is 0 Å². The molecule has 4 heteroatoms. The van der Waals surface area contributed by atoms with Gasteiger partial charge in [0.05, 0.1) is 0 Å². The molecule has 1 aromatic carbocycles. The second kappa shape index (κ2) is 12.2. The minimum absolute atomic E-state index is 0. The van der Waals surface area contributed by atoms with E-state index in [9.17, 15) is 0 Å². The normalized spacial score (nSPS) is 9.29. The second-order valence-electron chi connectivity index (χ2n) is 3.87. The number of rotatable bonds is 7. The molecule has 0 unspecified atom stereocenters. The topological polar surface area (TPSA) is 24.1 Å². The highest BCUT2D eigenvalue weighted by Gasteiger charge is 1.91. The summed E-state index contributed by atoms with van der Waals surface area (Å²) in [5.74, 6) is 0. The Morgan fingerprint density at radius 2 is 1.53 bits per heavy atom. The van der Waals surface area contributed by atoms with Crippen LogP contribution in [0.2, 0.25) is 0 Å². The Hall–Kier alpha value is -0.280. The maximum atomic E-state index is 3.44. The van der Waals surface area contributed by atoms with E-state index in [2.05, 4.69) is 48.7 Å². The van der Waals surface area contributed by atoms with E-state index in [-0.39, 0.29) is 24.8 Å². The van der Waals surface area contributed by atoms with E-state index in [1.54, 1.807) is 0 Å². The van der Waals surface area contributed by atoms with Crippen LogP contribution in [0.25, 0.3) is 0 Å². The van der Waals surface area contributed by atoms with E-state index in [0.717, 1.165) is 26.2 Å². The van der Waals surface area contributed by atoms with Crippen LogP contribution in [0.4, 0.5) is 0 Å². The van der Waals surface area contributed by atoms with Gasteiger partial charge < -0.3 is 10.6 Å². The van der Waals surface area contributed by atoms with E-state index < -0.39 is 0 Å². The molecular weight excluding hydrogens is 255 g/mol. The molecule has 0 atom stereocenters. The van der Waals surface area contributed by atoms with Crippen molar-refractivity contribution < 1.29 is 0 Å². The van der Waals surface area contributed by atoms with E-state index in [1.807, 2.05) is 0 Å². The smallest absolute Gasteiger partial charge is 0.0205 e. The summed E-state index contributed by atoms with van der Waals surface area (Å²) in [4.78, 5) is 0. The Bertz CT molecular complexity index is 263. The summed E-state index contributed by atoms with van der Waals surface area (Å²) in [6.07, 6.45) is 1.19. The van der Waals surface area contributed by atoms with Gasteiger partial charge in [-0.25, -0.2) is 0 Å². The van der Waals surface area contributed by atoms with E-state index >= 15 is 0 Å². The van der Waals surface area contributed by atoms with Gasteiger partial charge in [-0.2, -0.15) is 0 Å². The van der Waals surface area contributed by atoms with Crippen LogP contribution in [-0.2, 0) is 6.54 Å². The fourth-order valence-corrected chi connectivity index (χ4v) is 1.45. The molecule has 0 aliphatic heterocycles. The summed E-state index contributed by atoms with van der Waals surface area (Å²) < 4.78 is 0. The van der Waals surface area contributed by atoms with Gasteiger partial charge >= 0.3 is 0 Å². The maximum Gasteiger partial charge on any atom is 0.0205 e. The summed E-state index contributed by atoms with van der Waals surface area (Å²) in [5.41, 5.74) is 2.69. The molecule has 0 aliphatic rings. The lowest BCUT2D eigenvalue weighted by atomic mass is 10.1. The van der Waals surface area contributed by atoms with Crippen LogP contribution in [0.1, 0.15) is 24.5 Å². The van der Waals surface area contributed by atoms with Crippen molar-refractivity contribution in [3.63, 3.8) is 0 Å². The van der Waals surface area contributed by atoms with E-state index in [0.29, 0.717) is 0 Å². The van der Waals surface area contributed by atoms with Crippen molar-refractivity contribution >= 4 is 24.8 Å². The van der Waals surface area contributed by atoms with E-state index in [4.69, 9.17) is 0 Å². The predicted molar refractivity (Wildman–Crippen MR) is 80.5 cm³/mol. The highest BCUT2D eigenvalue weighted by atomic mass is 35.5. The molecule has 0 radical (unpaired) electrons. The van der Waals surface area contributed by atoms with Crippen molar-refractivity contribution in [3.8, 4) is 0 Å². The largest absolute Gasteiger partial charge is 0.317 e. The van der Waals surface area contributed by atoms with Crippen LogP contribution in [0.5, 0.6) is 0 Å². The van der Waals surface area contributed by atoms with Gasteiger partial charge in [0.25, 0.3) is 0 Å². The zero-order valence-electron chi connectivity index (χ0n) is 10.7. The first-order valence-electron chi connectivity index (χ1n) is 5.80. The Balaban J connectivity index is 0. The van der Waals surface area contributed by atoms with Gasteiger partial charge in [0, 0.05) is 6.54 Å². The Labute approximate surface area is 117 Å². The number of aryl methyl sites for hydroxylation is 1. The molecule has 100 valence electrons. The molecule has 0 bridgehead atoms. The van der Waals surface area contributed by atoms with E-state index in [1.165, 1.54) is 17.5 Å². The van der Waals surface area contributed by atoms with Crippen LogP contribution >= 0.6 is 24.8 Å². The average Bonchev–Trinajstić information content (AvgIpc) is 2.26. The Morgan fingerprint density at radius 3 is 2.12 bits per heavy atom. The van der Waals surface area contributed by atoms with Crippen LogP contribution in [0.3, 0.4) is 0 Å². The minimum atomic E-state index is 0. The average molecular weight is 279 g/mol. The fourth-order valence-electron chi connectivity index (χ4n) is 1.45. The van der Waals surface area contributed by atoms with Crippen molar-refractivity contribution in [2.75, 3.05) is 19.6 Å². The first kappa shape index (κ1) is 19.1. The van der Waals surface area contributed by atoms with Gasteiger partial charge in [-0.05, 0) is 38.5 Å². The number of hydrogen-bond donors (Lipinski definition) is 2. The van der Waals surface area contributed by atoms with Gasteiger partial charge in [0.15, 0.2) is 0 Å². The number of benzene rings is 1. The molecule has 0 aromatic heterocycles. The summed E-state index contributed by atoms with van der Waals surface area (Å²) in [5, 5.41) is 6.75. The summed E-state index contributed by atoms with van der Waals surface area (Å²) in [7, 11) is 0. The molecule has 0 amide bonds. The van der Waals surface area contributed by atoms with Gasteiger partial charge in [-0.15, -0.1) is 24.8 Å². The highest BCUT2D eigenvalue weighted by Crippen LogP contribution is 2.02. The van der Waals surface area contributed by atoms with Crippen molar-refractivity contribution in [2.45, 2.75) is 26.8 Å². The van der Waals surface area contributed by atoms with Crippen LogP contribution in [-0.4, -0.2) is 19.6 Å². The number of nitrogens with one attached hydrogen (secondary N) is 2. The molecule has 0 saturated heterocycles. The maximum absolute atomic E-state index is 3.44. The molecule has 1 rings (SSSR count). The summed E-state index contributed by atoms with van der Waals surface area (Å²) in [6.45, 7) is 8.50. The molecule has 0 saturated carbocycles. The zero-order valence-corrected chi connectivity index (χ0v) is 12.3. The van der Waals surface area contributed by atoms with Gasteiger partial charge in [0.2, 0.25) is 0 Å². The third-order valence-electron chi connectivity index (χ3n) is 2.41. The molecule has 0 aliphatic carbocycles. The van der Waals surface area contributed by atoms with Crippen molar-refractivity contribution in [1.82, 2.24) is 10.6 Å². The Morgan fingerprint density at radius 1 is 0.941 bits per heavy atom. The molecular formula is C13H24Cl2N2. The molecule has 2 nitrogen and oxygen atoms in total. The third-order valence-corrected chi connectivity index (χ3v) is 2.41. The summed E-state index contributed by atoms with van der Waals surface area (Å²) >= 11 is 0. The standard InChI is InChI=1S/C13H22N2.2ClH/c1-3-14-9-4-10-15-11-13-7-5-12(2)6-8-13;;/h5-8,14-15H,3-4,9-11H2,1-2H3;2*1H. The predicted octanol–water partition coefficient (Wildman–Crippen LogP) is 2.93. The zero-order chi connectivity index (χ0) is 10.9. The van der Waals surface area contributed by atoms with Crippen molar-refractivity contribution in [1.29, 1.82) is 0 Å². The second-order valence-corrected chi connectivity index (χ2v) is 3.87. The lowest BCUT2D eigenvalue weighted by molar-refractivity contribution is 0.606. The minimum Gasteiger partial charge on any atom is -0.317 e. The number of halogens is 2. The lowest BCUT2D eigenvalue weighted by Crippen LogP contribution is -2.21. The number of hydrogen-bond acceptors (Lipinski definition) is 2. The monoisotopic (exact) mass is 278 g/mol. The lowest BCUT2D eigenvalue weighted by Gasteiger charge is -2.05. The molecule has 0 fully saturated rings. The SMILES string of the molecule is CCNCCCNCc1ccc(C)cc1.Cl.Cl. The quantitative estimate of drug-likeness (QED) is 0.750. The Kier molecular flexibility index (Phi) is 13.7. The van der Waals surface area contributed by atoms with Crippen LogP contribution in [0, 0.1) is 6.92 Å². The van der Waals surface area contributed by atoms with Gasteiger partial charge in [-0.1, -0.05) is 36.8 Å². The molecule has 1 aromatic rings. The van der Waals surface area contributed by atoms with Crippen LogP contribution in [0.15, 0.2) is 24.3 Å². The molecule has 0 spiro atoms. The first-order valence-corrected chi connectivity index (χ1v) is 5.80. The van der Waals surface area contributed by atoms with Crippen LogP contribution < -0.4 is 10.6 Å². The third kappa shape index (κ3) is 9.42.